The molecule has 2 fully saturated rings. The van der Waals surface area contributed by atoms with E-state index in [0.29, 0.717) is 5.56 Å². The molecule has 1 saturated carbocycles. The van der Waals surface area contributed by atoms with Crippen molar-refractivity contribution in [2.24, 2.45) is 11.8 Å². The number of H-pyrrole nitrogens is 1. The quantitative estimate of drug-likeness (QED) is 0.429. The summed E-state index contributed by atoms with van der Waals surface area (Å²) in [5, 5.41) is 10.6. The van der Waals surface area contributed by atoms with Crippen molar-refractivity contribution in [3.63, 3.8) is 0 Å². The fourth-order valence-electron chi connectivity index (χ4n) is 6.44. The number of likely N-dealkylation sites (tertiary alicyclic amines) is 1. The molecular formula is C29H36N2O3. The highest BCUT2D eigenvalue weighted by Gasteiger charge is 2.35. The summed E-state index contributed by atoms with van der Waals surface area (Å²) in [6.07, 6.45) is 11.2. The number of nitrogens with one attached hydrogen (secondary N) is 1. The third kappa shape index (κ3) is 4.46. The van der Waals surface area contributed by atoms with Crippen LogP contribution in [0.25, 0.3) is 10.9 Å². The highest BCUT2D eigenvalue weighted by molar-refractivity contribution is 5.88. The van der Waals surface area contributed by atoms with Crippen LogP contribution < -0.4 is 4.74 Å². The number of ether oxygens (including phenoxy) is 1. The molecule has 2 heterocycles. The lowest BCUT2D eigenvalue weighted by molar-refractivity contribution is 0.0675. The number of aromatic nitrogens is 1. The lowest BCUT2D eigenvalue weighted by atomic mass is 9.73. The van der Waals surface area contributed by atoms with Crippen LogP contribution in [-0.2, 0) is 6.54 Å². The van der Waals surface area contributed by atoms with Crippen LogP contribution in [0.3, 0.4) is 0 Å². The number of hydrogen-bond acceptors (Lipinski definition) is 3. The minimum atomic E-state index is -0.869. The molecule has 0 spiro atoms. The summed E-state index contributed by atoms with van der Waals surface area (Å²) >= 11 is 0. The van der Waals surface area contributed by atoms with Crippen LogP contribution in [0.15, 0.2) is 42.6 Å². The summed E-state index contributed by atoms with van der Waals surface area (Å²) in [6.45, 7) is 3.99. The van der Waals surface area contributed by atoms with Crippen LogP contribution in [0.1, 0.15) is 78.0 Å². The van der Waals surface area contributed by atoms with Crippen molar-refractivity contribution in [2.45, 2.75) is 64.5 Å². The van der Waals surface area contributed by atoms with Crippen molar-refractivity contribution in [1.29, 1.82) is 0 Å². The lowest BCUT2D eigenvalue weighted by Gasteiger charge is -2.43. The number of carboxylic acids is 1. The average molecular weight is 461 g/mol. The third-order valence-electron chi connectivity index (χ3n) is 8.31. The monoisotopic (exact) mass is 460 g/mol. The number of aryl methyl sites for hydroxylation is 1. The molecule has 0 radical (unpaired) electrons. The molecule has 5 rings (SSSR count). The van der Waals surface area contributed by atoms with Gasteiger partial charge in [0.1, 0.15) is 5.75 Å². The number of aromatic amines is 1. The molecule has 5 heteroatoms. The van der Waals surface area contributed by atoms with Gasteiger partial charge in [-0.1, -0.05) is 44.2 Å². The van der Waals surface area contributed by atoms with Gasteiger partial charge >= 0.3 is 5.97 Å². The molecule has 1 aliphatic heterocycles. The molecule has 1 aliphatic carbocycles. The second-order valence-corrected chi connectivity index (χ2v) is 10.2. The minimum absolute atomic E-state index is 0.281. The summed E-state index contributed by atoms with van der Waals surface area (Å²) in [7, 11) is 1.76. The summed E-state index contributed by atoms with van der Waals surface area (Å²) in [4.78, 5) is 17.4. The Kier molecular flexibility index (Phi) is 6.64. The SMILES string of the molecule is COc1cc(C)c2[nH]ccc2c1CN1CCC(C2CCCCC2)C[C@H]1c1ccc(C(=O)O)cc1. The molecule has 5 nitrogen and oxygen atoms in total. The molecule has 180 valence electrons. The summed E-state index contributed by atoms with van der Waals surface area (Å²) < 4.78 is 5.84. The predicted molar refractivity (Wildman–Crippen MR) is 135 cm³/mol. The molecule has 2 aromatic carbocycles. The van der Waals surface area contributed by atoms with E-state index in [1.54, 1.807) is 19.2 Å². The van der Waals surface area contributed by atoms with E-state index in [1.165, 1.54) is 66.1 Å². The first-order valence-corrected chi connectivity index (χ1v) is 12.8. The number of fused-ring (bicyclic) bond motifs is 1. The van der Waals surface area contributed by atoms with Gasteiger partial charge in [-0.25, -0.2) is 4.79 Å². The Morgan fingerprint density at radius 2 is 1.85 bits per heavy atom. The summed E-state index contributed by atoms with van der Waals surface area (Å²) in [5.74, 6) is 1.65. The van der Waals surface area contributed by atoms with Crippen molar-refractivity contribution in [2.75, 3.05) is 13.7 Å². The average Bonchev–Trinajstić information content (AvgIpc) is 3.37. The number of nitrogens with zero attached hydrogens (tertiary/aromatic N) is 1. The topological polar surface area (TPSA) is 65.6 Å². The third-order valence-corrected chi connectivity index (χ3v) is 8.31. The van der Waals surface area contributed by atoms with Crippen molar-refractivity contribution in [1.82, 2.24) is 9.88 Å². The first-order valence-electron chi connectivity index (χ1n) is 12.8. The van der Waals surface area contributed by atoms with Gasteiger partial charge in [-0.05, 0) is 73.5 Å². The van der Waals surface area contributed by atoms with Gasteiger partial charge in [-0.15, -0.1) is 0 Å². The van der Waals surface area contributed by atoms with Gasteiger partial charge in [0.15, 0.2) is 0 Å². The summed E-state index contributed by atoms with van der Waals surface area (Å²) in [6, 6.07) is 12.2. The Morgan fingerprint density at radius 3 is 2.56 bits per heavy atom. The van der Waals surface area contributed by atoms with Crippen molar-refractivity contribution in [3.05, 3.63) is 64.8 Å². The van der Waals surface area contributed by atoms with Crippen LogP contribution in [0, 0.1) is 18.8 Å². The molecule has 1 saturated heterocycles. The zero-order valence-electron chi connectivity index (χ0n) is 20.3. The molecule has 1 unspecified atom stereocenters. The van der Waals surface area contributed by atoms with E-state index in [2.05, 4.69) is 28.9 Å². The van der Waals surface area contributed by atoms with Gasteiger partial charge in [0.2, 0.25) is 0 Å². The Hall–Kier alpha value is -2.79. The maximum atomic E-state index is 11.4. The Bertz CT molecular complexity index is 1140. The van der Waals surface area contributed by atoms with Gasteiger partial charge < -0.3 is 14.8 Å². The standard InChI is InChI=1S/C29H36N2O3/c1-19-16-27(34-2)25(24-12-14-30-28(19)24)18-31-15-13-23(20-6-4-3-5-7-20)17-26(31)21-8-10-22(11-9-21)29(32)33/h8-12,14,16,20,23,26,30H,3-7,13,15,17-18H2,1-2H3,(H,32,33)/t23?,26-/m0/s1. The first-order chi connectivity index (χ1) is 16.5. The highest BCUT2D eigenvalue weighted by Crippen LogP contribution is 2.44. The predicted octanol–water partition coefficient (Wildman–Crippen LogP) is 6.72. The van der Waals surface area contributed by atoms with Crippen LogP contribution in [0.4, 0.5) is 0 Å². The van der Waals surface area contributed by atoms with Crippen molar-refractivity contribution in [3.8, 4) is 5.75 Å². The van der Waals surface area contributed by atoms with Crippen molar-refractivity contribution < 1.29 is 14.6 Å². The van der Waals surface area contributed by atoms with Crippen LogP contribution in [0.5, 0.6) is 5.75 Å². The Labute approximate surface area is 202 Å². The van der Waals surface area contributed by atoms with Gasteiger partial charge in [0, 0.05) is 35.2 Å². The van der Waals surface area contributed by atoms with Gasteiger partial charge in [-0.2, -0.15) is 0 Å². The van der Waals surface area contributed by atoms with Crippen LogP contribution in [0.2, 0.25) is 0 Å². The van der Waals surface area contributed by atoms with E-state index in [4.69, 9.17) is 4.74 Å². The van der Waals surface area contributed by atoms with Gasteiger partial charge in [0.05, 0.1) is 12.7 Å². The molecule has 34 heavy (non-hydrogen) atoms. The summed E-state index contributed by atoms with van der Waals surface area (Å²) in [5.41, 5.74) is 5.17. The second kappa shape index (κ2) is 9.83. The normalized spacial score (nSPS) is 22.2. The smallest absolute Gasteiger partial charge is 0.335 e. The lowest BCUT2D eigenvalue weighted by Crippen LogP contribution is -2.39. The van der Waals surface area contributed by atoms with Gasteiger partial charge in [0.25, 0.3) is 0 Å². The fourth-order valence-corrected chi connectivity index (χ4v) is 6.44. The number of aromatic carboxylic acids is 1. The van der Waals surface area contributed by atoms with E-state index in [0.717, 1.165) is 37.1 Å². The largest absolute Gasteiger partial charge is 0.496 e. The molecule has 2 aliphatic rings. The van der Waals surface area contributed by atoms with E-state index in [9.17, 15) is 9.90 Å². The molecule has 0 bridgehead atoms. The second-order valence-electron chi connectivity index (χ2n) is 10.2. The molecule has 2 N–H and O–H groups in total. The number of hydrogen-bond donors (Lipinski definition) is 2. The number of methoxy groups -OCH3 is 1. The Morgan fingerprint density at radius 1 is 1.09 bits per heavy atom. The van der Waals surface area contributed by atoms with Gasteiger partial charge in [-0.3, -0.25) is 4.90 Å². The number of carboxylic acid groups (broad SMARTS) is 1. The molecule has 2 atom stereocenters. The number of piperidine rings is 1. The maximum absolute atomic E-state index is 11.4. The fraction of sp³-hybridized carbons (Fsp3) is 0.483. The zero-order valence-corrected chi connectivity index (χ0v) is 20.3. The van der Waals surface area contributed by atoms with E-state index < -0.39 is 5.97 Å². The van der Waals surface area contributed by atoms with E-state index >= 15 is 0 Å². The van der Waals surface area contributed by atoms with E-state index in [-0.39, 0.29) is 6.04 Å². The van der Waals surface area contributed by atoms with E-state index in [1.807, 2.05) is 18.3 Å². The van der Waals surface area contributed by atoms with Crippen LogP contribution >= 0.6 is 0 Å². The molecule has 1 aromatic heterocycles. The minimum Gasteiger partial charge on any atom is -0.496 e. The molecule has 3 aromatic rings. The van der Waals surface area contributed by atoms with Crippen LogP contribution in [-0.4, -0.2) is 34.6 Å². The number of benzene rings is 2. The first kappa shape index (κ1) is 23.0. The molecule has 0 amide bonds. The maximum Gasteiger partial charge on any atom is 0.335 e. The highest BCUT2D eigenvalue weighted by atomic mass is 16.5. The number of carbonyl (C=O) groups is 1. The Balaban J connectivity index is 1.47. The molecular weight excluding hydrogens is 424 g/mol. The van der Waals surface area contributed by atoms with Crippen molar-refractivity contribution >= 4 is 16.9 Å². The number of rotatable bonds is 6. The zero-order chi connectivity index (χ0) is 23.7.